The van der Waals surface area contributed by atoms with Crippen LogP contribution in [0.25, 0.3) is 0 Å². The Kier molecular flexibility index (Phi) is 5.77. The summed E-state index contributed by atoms with van der Waals surface area (Å²) in [5.74, 6) is 2.58. The highest BCUT2D eigenvalue weighted by atomic mass is 35.5. The summed E-state index contributed by atoms with van der Waals surface area (Å²) in [6, 6.07) is 8.31. The molecule has 0 saturated carbocycles. The van der Waals surface area contributed by atoms with Crippen LogP contribution in [0.3, 0.4) is 0 Å². The second kappa shape index (κ2) is 7.80. The Bertz CT molecular complexity index is 563. The molecule has 2 heterocycles. The van der Waals surface area contributed by atoms with Gasteiger partial charge in [-0.15, -0.1) is 23.5 Å². The SMILES string of the molecule is Clc1ccc(CCC2(CCn3ccnc3)SCCCS2)cc1. The Balaban J connectivity index is 1.62. The highest BCUT2D eigenvalue weighted by Gasteiger charge is 2.33. The van der Waals surface area contributed by atoms with E-state index in [1.165, 1.54) is 36.3 Å². The molecule has 0 bridgehead atoms. The molecular weight excluding hydrogens is 332 g/mol. The third kappa shape index (κ3) is 4.46. The number of hydrogen-bond acceptors (Lipinski definition) is 3. The van der Waals surface area contributed by atoms with Crippen LogP contribution in [0.15, 0.2) is 43.0 Å². The van der Waals surface area contributed by atoms with Gasteiger partial charge in [0.25, 0.3) is 0 Å². The summed E-state index contributed by atoms with van der Waals surface area (Å²) >= 11 is 10.3. The smallest absolute Gasteiger partial charge is 0.0945 e. The zero-order valence-electron chi connectivity index (χ0n) is 12.6. The summed E-state index contributed by atoms with van der Waals surface area (Å²) in [7, 11) is 0. The minimum Gasteiger partial charge on any atom is -0.337 e. The third-order valence-electron chi connectivity index (χ3n) is 4.04. The van der Waals surface area contributed by atoms with Crippen LogP contribution in [0.5, 0.6) is 0 Å². The quantitative estimate of drug-likeness (QED) is 0.718. The largest absolute Gasteiger partial charge is 0.337 e. The number of aryl methyl sites for hydroxylation is 2. The van der Waals surface area contributed by atoms with Crippen molar-refractivity contribution < 1.29 is 0 Å². The third-order valence-corrected chi connectivity index (χ3v) is 7.85. The molecule has 2 aromatic rings. The fraction of sp³-hybridized carbons (Fsp3) is 0.471. The number of hydrogen-bond donors (Lipinski definition) is 0. The molecule has 118 valence electrons. The minimum absolute atomic E-state index is 0.349. The van der Waals surface area contributed by atoms with E-state index < -0.39 is 0 Å². The fourth-order valence-electron chi connectivity index (χ4n) is 2.73. The van der Waals surface area contributed by atoms with Gasteiger partial charge in [-0.1, -0.05) is 23.7 Å². The predicted molar refractivity (Wildman–Crippen MR) is 98.9 cm³/mol. The standard InChI is InChI=1S/C17H21ClN2S2/c18-16-4-2-15(3-5-16)6-7-17(21-12-1-13-22-17)8-10-20-11-9-19-14-20/h2-5,9,11,14H,1,6-8,10,12-13H2. The lowest BCUT2D eigenvalue weighted by Crippen LogP contribution is -2.27. The first kappa shape index (κ1) is 16.3. The Labute approximate surface area is 146 Å². The number of rotatable bonds is 6. The van der Waals surface area contributed by atoms with Gasteiger partial charge in [-0.05, 0) is 54.9 Å². The monoisotopic (exact) mass is 352 g/mol. The van der Waals surface area contributed by atoms with Crippen molar-refractivity contribution in [2.24, 2.45) is 0 Å². The summed E-state index contributed by atoms with van der Waals surface area (Å²) in [6.45, 7) is 1.06. The summed E-state index contributed by atoms with van der Waals surface area (Å²) in [6.07, 6.45) is 10.7. The van der Waals surface area contributed by atoms with Crippen molar-refractivity contribution in [2.75, 3.05) is 11.5 Å². The molecule has 0 amide bonds. The lowest BCUT2D eigenvalue weighted by molar-refractivity contribution is 0.569. The van der Waals surface area contributed by atoms with E-state index in [2.05, 4.69) is 51.4 Å². The van der Waals surface area contributed by atoms with E-state index in [0.29, 0.717) is 4.08 Å². The van der Waals surface area contributed by atoms with Crippen LogP contribution in [-0.2, 0) is 13.0 Å². The molecule has 1 fully saturated rings. The van der Waals surface area contributed by atoms with Gasteiger partial charge in [0.1, 0.15) is 0 Å². The van der Waals surface area contributed by atoms with E-state index >= 15 is 0 Å². The lowest BCUT2D eigenvalue weighted by Gasteiger charge is -2.36. The van der Waals surface area contributed by atoms with Crippen LogP contribution in [-0.4, -0.2) is 25.1 Å². The number of thioether (sulfide) groups is 2. The number of halogens is 1. The zero-order valence-corrected chi connectivity index (χ0v) is 15.0. The molecule has 1 aliphatic heterocycles. The normalized spacial score (nSPS) is 17.5. The molecule has 2 nitrogen and oxygen atoms in total. The van der Waals surface area contributed by atoms with Crippen LogP contribution in [0.4, 0.5) is 0 Å². The molecular formula is C17H21ClN2S2. The van der Waals surface area contributed by atoms with Gasteiger partial charge in [0, 0.05) is 24.0 Å². The van der Waals surface area contributed by atoms with Gasteiger partial charge in [-0.2, -0.15) is 0 Å². The Morgan fingerprint density at radius 1 is 1.14 bits per heavy atom. The topological polar surface area (TPSA) is 17.8 Å². The predicted octanol–water partition coefficient (Wildman–Crippen LogP) is 5.13. The first-order valence-corrected chi connectivity index (χ1v) is 10.1. The van der Waals surface area contributed by atoms with Crippen molar-refractivity contribution >= 4 is 35.1 Å². The van der Waals surface area contributed by atoms with Crippen molar-refractivity contribution in [3.8, 4) is 0 Å². The van der Waals surface area contributed by atoms with Crippen molar-refractivity contribution in [1.29, 1.82) is 0 Å². The molecule has 1 aromatic carbocycles. The molecule has 1 aromatic heterocycles. The van der Waals surface area contributed by atoms with Crippen LogP contribution in [0, 0.1) is 0 Å². The Morgan fingerprint density at radius 2 is 1.91 bits per heavy atom. The van der Waals surface area contributed by atoms with Gasteiger partial charge in [0.15, 0.2) is 0 Å². The van der Waals surface area contributed by atoms with Gasteiger partial charge < -0.3 is 4.57 Å². The highest BCUT2D eigenvalue weighted by molar-refractivity contribution is 8.18. The number of nitrogens with zero attached hydrogens (tertiary/aromatic N) is 2. The van der Waals surface area contributed by atoms with E-state index in [4.69, 9.17) is 11.6 Å². The highest BCUT2D eigenvalue weighted by Crippen LogP contribution is 2.48. The lowest BCUT2D eigenvalue weighted by atomic mass is 10.1. The summed E-state index contributed by atoms with van der Waals surface area (Å²) in [5.41, 5.74) is 1.39. The molecule has 0 unspecified atom stereocenters. The van der Waals surface area contributed by atoms with E-state index in [-0.39, 0.29) is 0 Å². The maximum Gasteiger partial charge on any atom is 0.0945 e. The van der Waals surface area contributed by atoms with E-state index in [0.717, 1.165) is 18.0 Å². The summed E-state index contributed by atoms with van der Waals surface area (Å²) in [5, 5.41) is 0.819. The molecule has 0 radical (unpaired) electrons. The van der Waals surface area contributed by atoms with Crippen molar-refractivity contribution in [2.45, 2.75) is 36.3 Å². The summed E-state index contributed by atoms with van der Waals surface area (Å²) < 4.78 is 2.54. The number of imidazole rings is 1. The first-order valence-electron chi connectivity index (χ1n) is 7.74. The molecule has 5 heteroatoms. The van der Waals surface area contributed by atoms with Gasteiger partial charge in [-0.25, -0.2) is 4.98 Å². The molecule has 0 aliphatic carbocycles. The molecule has 1 saturated heterocycles. The number of benzene rings is 1. The van der Waals surface area contributed by atoms with Gasteiger partial charge in [0.05, 0.1) is 10.4 Å². The molecule has 1 aliphatic rings. The average Bonchev–Trinajstić information content (AvgIpc) is 3.07. The van der Waals surface area contributed by atoms with E-state index in [1.54, 1.807) is 0 Å². The van der Waals surface area contributed by atoms with Crippen LogP contribution in [0.2, 0.25) is 5.02 Å². The zero-order chi connectivity index (χ0) is 15.3. The van der Waals surface area contributed by atoms with Crippen LogP contribution < -0.4 is 0 Å². The van der Waals surface area contributed by atoms with Crippen molar-refractivity contribution in [3.05, 3.63) is 53.6 Å². The number of aromatic nitrogens is 2. The Hall–Kier alpha value is -0.580. The minimum atomic E-state index is 0.349. The summed E-state index contributed by atoms with van der Waals surface area (Å²) in [4.78, 5) is 4.15. The van der Waals surface area contributed by atoms with Crippen molar-refractivity contribution in [3.63, 3.8) is 0 Å². The van der Waals surface area contributed by atoms with Crippen LogP contribution in [0.1, 0.15) is 24.8 Å². The first-order chi connectivity index (χ1) is 10.8. The fourth-order valence-corrected chi connectivity index (χ4v) is 6.16. The molecule has 22 heavy (non-hydrogen) atoms. The second-order valence-electron chi connectivity index (χ2n) is 5.64. The van der Waals surface area contributed by atoms with Gasteiger partial charge in [0.2, 0.25) is 0 Å². The Morgan fingerprint density at radius 3 is 2.59 bits per heavy atom. The maximum absolute atomic E-state index is 5.98. The van der Waals surface area contributed by atoms with Gasteiger partial charge >= 0.3 is 0 Å². The van der Waals surface area contributed by atoms with E-state index in [9.17, 15) is 0 Å². The second-order valence-corrected chi connectivity index (χ2v) is 9.29. The van der Waals surface area contributed by atoms with Crippen LogP contribution >= 0.6 is 35.1 Å². The molecule has 0 atom stereocenters. The maximum atomic E-state index is 5.98. The van der Waals surface area contributed by atoms with E-state index in [1.807, 2.05) is 24.7 Å². The molecule has 0 N–H and O–H groups in total. The molecule has 3 rings (SSSR count). The average molecular weight is 353 g/mol. The van der Waals surface area contributed by atoms with Crippen molar-refractivity contribution in [1.82, 2.24) is 9.55 Å². The van der Waals surface area contributed by atoms with Gasteiger partial charge in [-0.3, -0.25) is 0 Å². The molecule has 0 spiro atoms.